The van der Waals surface area contributed by atoms with Gasteiger partial charge in [0, 0.05) is 70.9 Å². The van der Waals surface area contributed by atoms with Gasteiger partial charge in [0.2, 0.25) is 11.8 Å². The number of aliphatic hydroxyl groups is 1. The first kappa shape index (κ1) is 22.9. The fourth-order valence-electron chi connectivity index (χ4n) is 5.71. The lowest BCUT2D eigenvalue weighted by atomic mass is 9.92. The van der Waals surface area contributed by atoms with Gasteiger partial charge in [-0.1, -0.05) is 11.6 Å². The molecule has 0 bridgehead atoms. The normalized spacial score (nSPS) is 22.5. The predicted octanol–water partition coefficient (Wildman–Crippen LogP) is 3.74. The summed E-state index contributed by atoms with van der Waals surface area (Å²) in [4.78, 5) is 33.7. The summed E-state index contributed by atoms with van der Waals surface area (Å²) in [6.07, 6.45) is 5.37. The Morgan fingerprint density at radius 3 is 2.74 bits per heavy atom. The van der Waals surface area contributed by atoms with Gasteiger partial charge in [-0.15, -0.1) is 11.3 Å². The van der Waals surface area contributed by atoms with Crippen LogP contribution in [0.3, 0.4) is 0 Å². The Hall–Kier alpha value is -2.52. The second-order valence-electron chi connectivity index (χ2n) is 9.59. The van der Waals surface area contributed by atoms with E-state index in [0.717, 1.165) is 58.6 Å². The number of likely N-dealkylation sites (tertiary alicyclic amines) is 1. The van der Waals surface area contributed by atoms with Crippen molar-refractivity contribution in [1.29, 1.82) is 0 Å². The lowest BCUT2D eigenvalue weighted by Crippen LogP contribution is -2.40. The molecule has 2 fully saturated rings. The Balaban J connectivity index is 1.43. The van der Waals surface area contributed by atoms with E-state index < -0.39 is 0 Å². The highest BCUT2D eigenvalue weighted by Gasteiger charge is 2.33. The summed E-state index contributed by atoms with van der Waals surface area (Å²) in [6.45, 7) is 2.26. The summed E-state index contributed by atoms with van der Waals surface area (Å²) in [7, 11) is 0. The highest BCUT2D eigenvalue weighted by Crippen LogP contribution is 2.45. The number of imide groups is 1. The standard InChI is InChI=1S/C26H27ClN4O3S/c27-16-8-15-2-1-7-30(18-10-17(14-32)29-12-18)25(15)21(9-16)20-5-6-28-22-11-19(35-26(20)22)13-31-23(33)3-4-24(31)34/h5-6,8-9,11,17-18,29,32H,1-4,7,10,12-14H2/t17-,18-/m0/s1. The van der Waals surface area contributed by atoms with Gasteiger partial charge in [-0.25, -0.2) is 0 Å². The molecule has 2 aromatic heterocycles. The molecule has 0 aliphatic carbocycles. The SMILES string of the molecule is O=C1CCC(=O)N1Cc1cc2nccc(-c3cc(Cl)cc4c3N([C@@H]3CN[C@H](CO)C3)CCC4)c2s1. The van der Waals surface area contributed by atoms with Gasteiger partial charge in [0.1, 0.15) is 0 Å². The Kier molecular flexibility index (Phi) is 6.00. The number of amides is 2. The number of fused-ring (bicyclic) bond motifs is 2. The number of hydrogen-bond donors (Lipinski definition) is 2. The zero-order valence-corrected chi connectivity index (χ0v) is 20.9. The van der Waals surface area contributed by atoms with Crippen molar-refractivity contribution in [2.24, 2.45) is 0 Å². The number of aryl methyl sites for hydroxylation is 1. The molecule has 3 aliphatic rings. The van der Waals surface area contributed by atoms with Gasteiger partial charge in [0.05, 0.1) is 23.4 Å². The molecule has 2 amide bonds. The Morgan fingerprint density at radius 2 is 1.97 bits per heavy atom. The number of aromatic nitrogens is 1. The summed E-state index contributed by atoms with van der Waals surface area (Å²) in [5.74, 6) is -0.210. The first-order valence-electron chi connectivity index (χ1n) is 12.2. The smallest absolute Gasteiger partial charge is 0.230 e. The van der Waals surface area contributed by atoms with Crippen LogP contribution >= 0.6 is 22.9 Å². The summed E-state index contributed by atoms with van der Waals surface area (Å²) in [5.41, 5.74) is 5.49. The molecule has 1 aromatic carbocycles. The van der Waals surface area contributed by atoms with Crippen LogP contribution in [-0.2, 0) is 22.6 Å². The molecule has 9 heteroatoms. The van der Waals surface area contributed by atoms with Gasteiger partial charge in [-0.2, -0.15) is 0 Å². The number of pyridine rings is 1. The number of carbonyl (C=O) groups excluding carboxylic acids is 2. The highest BCUT2D eigenvalue weighted by molar-refractivity contribution is 7.19. The van der Waals surface area contributed by atoms with Crippen LogP contribution in [-0.4, -0.2) is 58.6 Å². The Labute approximate surface area is 212 Å². The van der Waals surface area contributed by atoms with Crippen LogP contribution in [0.2, 0.25) is 5.02 Å². The number of halogens is 1. The second kappa shape index (κ2) is 9.17. The number of carbonyl (C=O) groups is 2. The second-order valence-corrected chi connectivity index (χ2v) is 11.2. The first-order chi connectivity index (χ1) is 17.0. The van der Waals surface area contributed by atoms with Crippen LogP contribution in [0, 0.1) is 0 Å². The van der Waals surface area contributed by atoms with E-state index >= 15 is 0 Å². The molecule has 5 heterocycles. The van der Waals surface area contributed by atoms with E-state index in [-0.39, 0.29) is 24.5 Å². The topological polar surface area (TPSA) is 85.8 Å². The van der Waals surface area contributed by atoms with Crippen molar-refractivity contribution in [3.8, 4) is 11.1 Å². The minimum absolute atomic E-state index is 0.105. The maximum atomic E-state index is 12.2. The average molecular weight is 511 g/mol. The minimum Gasteiger partial charge on any atom is -0.395 e. The molecule has 2 atom stereocenters. The maximum absolute atomic E-state index is 12.2. The highest BCUT2D eigenvalue weighted by atomic mass is 35.5. The number of aliphatic hydroxyl groups excluding tert-OH is 1. The molecule has 0 unspecified atom stereocenters. The zero-order chi connectivity index (χ0) is 24.1. The fraction of sp³-hybridized carbons (Fsp3) is 0.423. The van der Waals surface area contributed by atoms with Crippen LogP contribution in [0.5, 0.6) is 0 Å². The minimum atomic E-state index is -0.105. The number of thiophene rings is 1. The summed E-state index contributed by atoms with van der Waals surface area (Å²) < 4.78 is 1.04. The molecule has 35 heavy (non-hydrogen) atoms. The fourth-order valence-corrected chi connectivity index (χ4v) is 7.09. The summed E-state index contributed by atoms with van der Waals surface area (Å²) in [5, 5.41) is 13.8. The van der Waals surface area contributed by atoms with E-state index in [9.17, 15) is 14.7 Å². The molecule has 182 valence electrons. The predicted molar refractivity (Wildman–Crippen MR) is 138 cm³/mol. The molecule has 0 saturated carbocycles. The van der Waals surface area contributed by atoms with Gasteiger partial charge >= 0.3 is 0 Å². The Morgan fingerprint density at radius 1 is 1.14 bits per heavy atom. The van der Waals surface area contributed by atoms with Gasteiger partial charge in [-0.3, -0.25) is 19.5 Å². The van der Waals surface area contributed by atoms with E-state index in [1.807, 2.05) is 24.4 Å². The molecule has 0 spiro atoms. The van der Waals surface area contributed by atoms with Crippen LogP contribution in [0.4, 0.5) is 5.69 Å². The molecule has 3 aliphatic heterocycles. The largest absolute Gasteiger partial charge is 0.395 e. The van der Waals surface area contributed by atoms with E-state index in [4.69, 9.17) is 11.6 Å². The van der Waals surface area contributed by atoms with Crippen molar-refractivity contribution in [2.45, 2.75) is 50.7 Å². The molecule has 7 nitrogen and oxygen atoms in total. The van der Waals surface area contributed by atoms with Gasteiger partial charge in [0.15, 0.2) is 0 Å². The molecular weight excluding hydrogens is 484 g/mol. The quantitative estimate of drug-likeness (QED) is 0.509. The van der Waals surface area contributed by atoms with E-state index in [2.05, 4.69) is 21.3 Å². The first-order valence-corrected chi connectivity index (χ1v) is 13.4. The van der Waals surface area contributed by atoms with Crippen molar-refractivity contribution in [3.05, 3.63) is 45.9 Å². The number of benzene rings is 1. The number of nitrogens with zero attached hydrogens (tertiary/aromatic N) is 3. The summed E-state index contributed by atoms with van der Waals surface area (Å²) in [6, 6.07) is 8.60. The third-order valence-electron chi connectivity index (χ3n) is 7.37. The van der Waals surface area contributed by atoms with Gasteiger partial charge in [-0.05, 0) is 49.1 Å². The molecule has 3 aromatic rings. The van der Waals surface area contributed by atoms with E-state index in [1.54, 1.807) is 11.3 Å². The molecule has 2 saturated heterocycles. The van der Waals surface area contributed by atoms with Crippen LogP contribution < -0.4 is 10.2 Å². The lowest BCUT2D eigenvalue weighted by Gasteiger charge is -2.38. The zero-order valence-electron chi connectivity index (χ0n) is 19.3. The van der Waals surface area contributed by atoms with E-state index in [0.29, 0.717) is 30.5 Å². The van der Waals surface area contributed by atoms with Crippen molar-refractivity contribution < 1.29 is 14.7 Å². The molecule has 0 radical (unpaired) electrons. The summed E-state index contributed by atoms with van der Waals surface area (Å²) >= 11 is 8.22. The van der Waals surface area contributed by atoms with Crippen molar-refractivity contribution >= 4 is 50.7 Å². The van der Waals surface area contributed by atoms with Crippen molar-refractivity contribution in [1.82, 2.24) is 15.2 Å². The third-order valence-corrected chi connectivity index (χ3v) is 8.73. The van der Waals surface area contributed by atoms with Crippen LogP contribution in [0.25, 0.3) is 21.3 Å². The van der Waals surface area contributed by atoms with Crippen LogP contribution in [0.1, 0.15) is 36.1 Å². The Bertz CT molecular complexity index is 1310. The number of hydrogen-bond acceptors (Lipinski definition) is 7. The third kappa shape index (κ3) is 4.12. The van der Waals surface area contributed by atoms with Crippen molar-refractivity contribution in [2.75, 3.05) is 24.6 Å². The number of nitrogens with one attached hydrogen (secondary N) is 1. The van der Waals surface area contributed by atoms with Gasteiger partial charge in [0.25, 0.3) is 0 Å². The monoisotopic (exact) mass is 510 g/mol. The molecular formula is C26H27ClN4O3S. The number of anilines is 1. The molecule has 6 rings (SSSR count). The van der Waals surface area contributed by atoms with E-state index in [1.165, 1.54) is 16.2 Å². The van der Waals surface area contributed by atoms with Gasteiger partial charge < -0.3 is 15.3 Å². The van der Waals surface area contributed by atoms with Crippen molar-refractivity contribution in [3.63, 3.8) is 0 Å². The average Bonchev–Trinajstić information content (AvgIpc) is 3.58. The maximum Gasteiger partial charge on any atom is 0.230 e. The molecule has 2 N–H and O–H groups in total. The number of rotatable bonds is 5. The lowest BCUT2D eigenvalue weighted by molar-refractivity contribution is -0.138. The van der Waals surface area contributed by atoms with Crippen LogP contribution in [0.15, 0.2) is 30.5 Å².